The first-order chi connectivity index (χ1) is 6.92. The minimum Gasteiger partial charge on any atom is -0.403 e. The van der Waals surface area contributed by atoms with Gasteiger partial charge in [-0.15, -0.1) is 13.2 Å². The molecule has 80 valence electrons. The van der Waals surface area contributed by atoms with Crippen LogP contribution in [-0.4, -0.2) is 11.5 Å². The third-order valence-electron chi connectivity index (χ3n) is 1.31. The lowest BCUT2D eigenvalue weighted by molar-refractivity contribution is -0.274. The molecule has 0 saturated carbocycles. The van der Waals surface area contributed by atoms with E-state index in [1.54, 1.807) is 0 Å². The Morgan fingerprint density at radius 1 is 1.40 bits per heavy atom. The van der Waals surface area contributed by atoms with Gasteiger partial charge in [0.2, 0.25) is 0 Å². The number of isothiocyanates is 1. The second-order valence-corrected chi connectivity index (χ2v) is 3.46. The zero-order chi connectivity index (χ0) is 11.5. The zero-order valence-electron chi connectivity index (χ0n) is 7.01. The van der Waals surface area contributed by atoms with Crippen molar-refractivity contribution in [3.8, 4) is 5.75 Å². The molecule has 0 heterocycles. The van der Waals surface area contributed by atoms with Crippen molar-refractivity contribution in [2.24, 2.45) is 4.99 Å². The van der Waals surface area contributed by atoms with E-state index < -0.39 is 12.1 Å². The number of thiocarbonyl (C=S) groups is 1. The topological polar surface area (TPSA) is 21.6 Å². The summed E-state index contributed by atoms with van der Waals surface area (Å²) in [6, 6.07) is 3.90. The summed E-state index contributed by atoms with van der Waals surface area (Å²) in [6.45, 7) is 0. The molecule has 1 rings (SSSR count). The maximum Gasteiger partial charge on any atom is 0.573 e. The third-order valence-corrected chi connectivity index (χ3v) is 1.90. The van der Waals surface area contributed by atoms with Gasteiger partial charge in [0.25, 0.3) is 0 Å². The summed E-state index contributed by atoms with van der Waals surface area (Å²) >= 11 is 7.40. The molecule has 0 N–H and O–H groups in total. The molecule has 0 fully saturated rings. The Bertz CT molecular complexity index is 415. The highest BCUT2D eigenvalue weighted by atomic mass is 79.9. The lowest BCUT2D eigenvalue weighted by atomic mass is 10.3. The molecule has 7 heteroatoms. The molecule has 0 amide bonds. The quantitative estimate of drug-likeness (QED) is 0.606. The first-order valence-corrected chi connectivity index (χ1v) is 4.75. The summed E-state index contributed by atoms with van der Waals surface area (Å²) in [6.07, 6.45) is -4.75. The number of ether oxygens (including phenoxy) is 1. The van der Waals surface area contributed by atoms with Crippen LogP contribution in [0.3, 0.4) is 0 Å². The monoisotopic (exact) mass is 297 g/mol. The number of aliphatic imine (C=N–C) groups is 1. The Hall–Kier alpha value is -0.910. The van der Waals surface area contributed by atoms with E-state index in [0.717, 1.165) is 6.07 Å². The minimum absolute atomic E-state index is 0.0308. The Morgan fingerprint density at radius 3 is 2.60 bits per heavy atom. The molecule has 2 nitrogen and oxygen atoms in total. The number of hydrogen-bond acceptors (Lipinski definition) is 3. The number of benzene rings is 1. The molecule has 0 aliphatic heterocycles. The highest BCUT2D eigenvalue weighted by Crippen LogP contribution is 2.34. The van der Waals surface area contributed by atoms with Gasteiger partial charge in [0.05, 0.1) is 5.16 Å². The Balaban J connectivity index is 3.11. The van der Waals surface area contributed by atoms with Crippen molar-refractivity contribution < 1.29 is 17.9 Å². The molecule has 0 unspecified atom stereocenters. The molecule has 0 spiro atoms. The summed E-state index contributed by atoms with van der Waals surface area (Å²) < 4.78 is 40.1. The van der Waals surface area contributed by atoms with Gasteiger partial charge in [-0.25, -0.2) is 0 Å². The molecular weight excluding hydrogens is 295 g/mol. The van der Waals surface area contributed by atoms with Gasteiger partial charge in [0, 0.05) is 4.47 Å². The van der Waals surface area contributed by atoms with Gasteiger partial charge in [-0.1, -0.05) is 15.9 Å². The van der Waals surface area contributed by atoms with Crippen LogP contribution in [0.15, 0.2) is 27.7 Å². The van der Waals surface area contributed by atoms with Crippen LogP contribution in [0.5, 0.6) is 5.75 Å². The van der Waals surface area contributed by atoms with Crippen molar-refractivity contribution in [3.63, 3.8) is 0 Å². The summed E-state index contributed by atoms with van der Waals surface area (Å²) in [7, 11) is 0. The molecule has 1 aromatic rings. The van der Waals surface area contributed by atoms with E-state index in [0.29, 0.717) is 4.47 Å². The molecule has 0 atom stereocenters. The molecule has 0 aromatic heterocycles. The van der Waals surface area contributed by atoms with Gasteiger partial charge in [0.15, 0.2) is 5.75 Å². The molecule has 0 aliphatic carbocycles. The number of nitrogens with zero attached hydrogens (tertiary/aromatic N) is 1. The molecule has 0 radical (unpaired) electrons. The van der Waals surface area contributed by atoms with Gasteiger partial charge in [-0.05, 0) is 30.4 Å². The molecular formula is C8H3BrF3NOS. The van der Waals surface area contributed by atoms with Crippen LogP contribution in [0.2, 0.25) is 0 Å². The van der Waals surface area contributed by atoms with Crippen LogP contribution >= 0.6 is 28.1 Å². The van der Waals surface area contributed by atoms with E-state index in [9.17, 15) is 13.2 Å². The fourth-order valence-corrected chi connectivity index (χ4v) is 1.29. The van der Waals surface area contributed by atoms with Gasteiger partial charge in [0.1, 0.15) is 5.69 Å². The van der Waals surface area contributed by atoms with E-state index in [2.05, 4.69) is 37.9 Å². The Labute approximate surface area is 96.9 Å². The molecule has 0 aliphatic rings. The minimum atomic E-state index is -4.75. The number of halogens is 4. The van der Waals surface area contributed by atoms with Crippen molar-refractivity contribution in [1.82, 2.24) is 0 Å². The molecule has 1 aromatic carbocycles. The normalized spacial score (nSPS) is 10.7. The van der Waals surface area contributed by atoms with Crippen molar-refractivity contribution in [1.29, 1.82) is 0 Å². The van der Waals surface area contributed by atoms with Crippen LogP contribution in [0.25, 0.3) is 0 Å². The van der Waals surface area contributed by atoms with E-state index >= 15 is 0 Å². The van der Waals surface area contributed by atoms with Gasteiger partial charge >= 0.3 is 6.36 Å². The van der Waals surface area contributed by atoms with E-state index in [1.807, 2.05) is 5.16 Å². The maximum absolute atomic E-state index is 11.9. The number of hydrogen-bond donors (Lipinski definition) is 0. The summed E-state index contributed by atoms with van der Waals surface area (Å²) in [5.41, 5.74) is -0.0308. The first-order valence-electron chi connectivity index (χ1n) is 3.55. The molecule has 0 saturated heterocycles. The average molecular weight is 298 g/mol. The molecule has 0 bridgehead atoms. The van der Waals surface area contributed by atoms with Gasteiger partial charge in [-0.2, -0.15) is 4.99 Å². The lowest BCUT2D eigenvalue weighted by Gasteiger charge is -2.10. The number of alkyl halides is 3. The zero-order valence-corrected chi connectivity index (χ0v) is 9.41. The summed E-state index contributed by atoms with van der Waals surface area (Å²) in [4.78, 5) is 3.46. The SMILES string of the molecule is FC(F)(F)Oc1ccc(Br)cc1N=C=S. The largest absolute Gasteiger partial charge is 0.573 e. The summed E-state index contributed by atoms with van der Waals surface area (Å²) in [5.74, 6) is -0.414. The first kappa shape index (κ1) is 12.2. The van der Waals surface area contributed by atoms with Crippen LogP contribution in [0.1, 0.15) is 0 Å². The van der Waals surface area contributed by atoms with Crippen LogP contribution in [0, 0.1) is 0 Å². The van der Waals surface area contributed by atoms with Gasteiger partial charge in [-0.3, -0.25) is 0 Å². The third kappa shape index (κ3) is 3.99. The fraction of sp³-hybridized carbons (Fsp3) is 0.125. The van der Waals surface area contributed by atoms with Crippen LogP contribution < -0.4 is 4.74 Å². The van der Waals surface area contributed by atoms with E-state index in [-0.39, 0.29) is 5.69 Å². The Kier molecular flexibility index (Phi) is 3.84. The van der Waals surface area contributed by atoms with Crippen molar-refractivity contribution in [2.75, 3.05) is 0 Å². The van der Waals surface area contributed by atoms with Crippen molar-refractivity contribution in [2.45, 2.75) is 6.36 Å². The van der Waals surface area contributed by atoms with Crippen LogP contribution in [0.4, 0.5) is 18.9 Å². The average Bonchev–Trinajstić information content (AvgIpc) is 2.08. The predicted octanol–water partition coefficient (Wildman–Crippen LogP) is 4.08. The lowest BCUT2D eigenvalue weighted by Crippen LogP contribution is -2.17. The van der Waals surface area contributed by atoms with Crippen LogP contribution in [-0.2, 0) is 0 Å². The van der Waals surface area contributed by atoms with Gasteiger partial charge < -0.3 is 4.74 Å². The maximum atomic E-state index is 11.9. The predicted molar refractivity (Wildman–Crippen MR) is 55.5 cm³/mol. The molecule has 15 heavy (non-hydrogen) atoms. The second kappa shape index (κ2) is 4.74. The fourth-order valence-electron chi connectivity index (χ4n) is 0.838. The second-order valence-electron chi connectivity index (χ2n) is 2.36. The van der Waals surface area contributed by atoms with E-state index in [1.165, 1.54) is 12.1 Å². The highest BCUT2D eigenvalue weighted by Gasteiger charge is 2.32. The van der Waals surface area contributed by atoms with E-state index in [4.69, 9.17) is 0 Å². The van der Waals surface area contributed by atoms with Crippen molar-refractivity contribution >= 4 is 39.0 Å². The summed E-state index contributed by atoms with van der Waals surface area (Å²) in [5, 5.41) is 1.98. The smallest absolute Gasteiger partial charge is 0.403 e. The van der Waals surface area contributed by atoms with Crippen molar-refractivity contribution in [3.05, 3.63) is 22.7 Å². The number of rotatable bonds is 2. The Morgan fingerprint density at radius 2 is 2.07 bits per heavy atom. The highest BCUT2D eigenvalue weighted by molar-refractivity contribution is 9.10. The standard InChI is InChI=1S/C8H3BrF3NOS/c9-5-1-2-7(14-8(10,11)12)6(3-5)13-4-15/h1-3H.